The molecule has 202 valence electrons. The molecule has 0 aliphatic heterocycles. The van der Waals surface area contributed by atoms with E-state index in [1.165, 1.54) is 148 Å². The predicted molar refractivity (Wildman–Crippen MR) is 159 cm³/mol. The van der Waals surface area contributed by atoms with Crippen molar-refractivity contribution >= 4 is 0 Å². The highest BCUT2D eigenvalue weighted by Crippen LogP contribution is 2.29. The van der Waals surface area contributed by atoms with Crippen LogP contribution in [0, 0.1) is 11.8 Å². The van der Waals surface area contributed by atoms with E-state index in [1.807, 2.05) is 5.56 Å². The number of hydrogen-bond acceptors (Lipinski definition) is 0. The molecule has 0 fully saturated rings. The van der Waals surface area contributed by atoms with Crippen LogP contribution >= 0.6 is 0 Å². The maximum absolute atomic E-state index is 2.57. The van der Waals surface area contributed by atoms with Gasteiger partial charge in [0.2, 0.25) is 0 Å². The first-order valence-electron chi connectivity index (χ1n) is 16.3. The van der Waals surface area contributed by atoms with E-state index in [9.17, 15) is 0 Å². The molecule has 0 heterocycles. The highest BCUT2D eigenvalue weighted by Gasteiger charge is 2.15. The lowest BCUT2D eigenvalue weighted by atomic mass is 9.85. The summed E-state index contributed by atoms with van der Waals surface area (Å²) in [5.41, 5.74) is 7.05. The molecular formula is C35H62. The van der Waals surface area contributed by atoms with Crippen molar-refractivity contribution in [2.45, 2.75) is 175 Å². The molecule has 2 unspecified atom stereocenters. The lowest BCUT2D eigenvalue weighted by Gasteiger charge is -2.20. The van der Waals surface area contributed by atoms with Crippen molar-refractivity contribution in [1.82, 2.24) is 0 Å². The van der Waals surface area contributed by atoms with Gasteiger partial charge >= 0.3 is 0 Å². The number of unbranched alkanes of at least 4 members (excludes halogenated alkanes) is 8. The number of fused-ring (bicyclic) bond motifs is 1. The molecular weight excluding hydrogens is 420 g/mol. The van der Waals surface area contributed by atoms with E-state index in [0.717, 1.165) is 11.8 Å². The topological polar surface area (TPSA) is 0 Å². The van der Waals surface area contributed by atoms with Crippen LogP contribution < -0.4 is 0 Å². The minimum absolute atomic E-state index is 0.908. The van der Waals surface area contributed by atoms with Crippen LogP contribution in [0.4, 0.5) is 0 Å². The van der Waals surface area contributed by atoms with Crippen LogP contribution in [0.5, 0.6) is 0 Å². The van der Waals surface area contributed by atoms with Gasteiger partial charge < -0.3 is 0 Å². The number of benzene rings is 1. The second kappa shape index (κ2) is 19.3. The number of hydrogen-bond donors (Lipinski definition) is 0. The third-order valence-electron chi connectivity index (χ3n) is 9.12. The van der Waals surface area contributed by atoms with Gasteiger partial charge in [-0.2, -0.15) is 0 Å². The molecule has 2 atom stereocenters. The normalized spacial score (nSPS) is 20.7. The smallest absolute Gasteiger partial charge is 0.0273 e. The van der Waals surface area contributed by atoms with Crippen molar-refractivity contribution in [2.24, 2.45) is 11.8 Å². The summed E-state index contributed by atoms with van der Waals surface area (Å²) in [7, 11) is 0. The highest BCUT2D eigenvalue weighted by atomic mass is 14.2. The van der Waals surface area contributed by atoms with E-state index in [-0.39, 0.29) is 0 Å². The largest absolute Gasteiger partial charge is 0.0654 e. The van der Waals surface area contributed by atoms with Gasteiger partial charge in [-0.15, -0.1) is 0 Å². The van der Waals surface area contributed by atoms with Crippen LogP contribution in [0.2, 0.25) is 0 Å². The van der Waals surface area contributed by atoms with E-state index in [2.05, 4.69) is 39.8 Å². The fourth-order valence-electron chi connectivity index (χ4n) is 6.35. The Morgan fingerprint density at radius 2 is 1.11 bits per heavy atom. The van der Waals surface area contributed by atoms with Crippen molar-refractivity contribution in [2.75, 3.05) is 0 Å². The molecule has 2 rings (SSSR count). The van der Waals surface area contributed by atoms with Gasteiger partial charge in [-0.05, 0) is 85.5 Å². The van der Waals surface area contributed by atoms with E-state index in [1.54, 1.807) is 16.7 Å². The second-order valence-corrected chi connectivity index (χ2v) is 12.2. The van der Waals surface area contributed by atoms with Gasteiger partial charge in [-0.1, -0.05) is 136 Å². The van der Waals surface area contributed by atoms with Crippen LogP contribution in [-0.2, 0) is 25.7 Å². The Kier molecular flexibility index (Phi) is 16.8. The van der Waals surface area contributed by atoms with Gasteiger partial charge in [0.15, 0.2) is 0 Å². The number of aryl methyl sites for hydroxylation is 2. The van der Waals surface area contributed by atoms with Crippen LogP contribution in [0.1, 0.15) is 172 Å². The minimum atomic E-state index is 0.908. The minimum Gasteiger partial charge on any atom is -0.0654 e. The van der Waals surface area contributed by atoms with E-state index in [0.29, 0.717) is 0 Å². The molecule has 1 aliphatic carbocycles. The molecule has 35 heavy (non-hydrogen) atoms. The summed E-state index contributed by atoms with van der Waals surface area (Å²) in [6, 6.07) is 5.13. The molecule has 0 amide bonds. The summed E-state index contributed by atoms with van der Waals surface area (Å²) >= 11 is 0. The quantitative estimate of drug-likeness (QED) is 0.260. The molecule has 1 aliphatic rings. The molecule has 0 N–H and O–H groups in total. The fourth-order valence-corrected chi connectivity index (χ4v) is 6.35. The van der Waals surface area contributed by atoms with Crippen molar-refractivity contribution in [1.29, 1.82) is 0 Å². The summed E-state index contributed by atoms with van der Waals surface area (Å²) in [5, 5.41) is 0. The Hall–Kier alpha value is -0.780. The Balaban J connectivity index is 2.14. The molecule has 0 saturated heterocycles. The SMILES string of the molecule is CCCCCCCCc1c(CCCCCC)ccc2c1CCCCCC(C)C(C)CCCCCC2. The van der Waals surface area contributed by atoms with Gasteiger partial charge in [-0.25, -0.2) is 0 Å². The Morgan fingerprint density at radius 1 is 0.571 bits per heavy atom. The van der Waals surface area contributed by atoms with Gasteiger partial charge in [0.25, 0.3) is 0 Å². The zero-order chi connectivity index (χ0) is 25.1. The van der Waals surface area contributed by atoms with Crippen LogP contribution in [0.3, 0.4) is 0 Å². The zero-order valence-electron chi connectivity index (χ0n) is 24.6. The third-order valence-corrected chi connectivity index (χ3v) is 9.12. The molecule has 0 heteroatoms. The maximum atomic E-state index is 2.57. The molecule has 0 aromatic heterocycles. The molecule has 1 aromatic carbocycles. The predicted octanol–water partition coefficient (Wildman–Crippen LogP) is 11.6. The summed E-state index contributed by atoms with van der Waals surface area (Å²) < 4.78 is 0. The monoisotopic (exact) mass is 482 g/mol. The second-order valence-electron chi connectivity index (χ2n) is 12.2. The molecule has 0 nitrogen and oxygen atoms in total. The Morgan fingerprint density at radius 3 is 1.83 bits per heavy atom. The fraction of sp³-hybridized carbons (Fsp3) is 0.829. The standard InChI is InChI=1S/C35H62/c1-5-7-9-11-12-20-26-34-32(24-18-10-8-6-2)28-29-33-25-19-14-13-16-22-30(3)31(4)23-17-15-21-27-35(33)34/h28-31H,5-27H2,1-4H3. The van der Waals surface area contributed by atoms with Crippen LogP contribution in [0.15, 0.2) is 12.1 Å². The van der Waals surface area contributed by atoms with Gasteiger partial charge in [-0.3, -0.25) is 0 Å². The molecule has 0 radical (unpaired) electrons. The molecule has 0 spiro atoms. The third kappa shape index (κ3) is 12.3. The molecule has 0 saturated carbocycles. The highest BCUT2D eigenvalue weighted by molar-refractivity contribution is 5.42. The van der Waals surface area contributed by atoms with Crippen molar-refractivity contribution in [3.8, 4) is 0 Å². The number of rotatable bonds is 12. The first kappa shape index (κ1) is 30.4. The van der Waals surface area contributed by atoms with Crippen molar-refractivity contribution in [3.63, 3.8) is 0 Å². The first-order valence-corrected chi connectivity index (χ1v) is 16.3. The van der Waals surface area contributed by atoms with E-state index < -0.39 is 0 Å². The average Bonchev–Trinajstić information content (AvgIpc) is 2.87. The molecule has 1 aromatic rings. The van der Waals surface area contributed by atoms with Gasteiger partial charge in [0, 0.05) is 0 Å². The average molecular weight is 483 g/mol. The summed E-state index contributed by atoms with van der Waals surface area (Å²) in [5.74, 6) is 1.82. The van der Waals surface area contributed by atoms with Crippen molar-refractivity contribution < 1.29 is 0 Å². The van der Waals surface area contributed by atoms with E-state index in [4.69, 9.17) is 0 Å². The first-order chi connectivity index (χ1) is 17.2. The lowest BCUT2D eigenvalue weighted by molar-refractivity contribution is 0.323. The Bertz CT molecular complexity index is 642. The van der Waals surface area contributed by atoms with Gasteiger partial charge in [0.1, 0.15) is 0 Å². The van der Waals surface area contributed by atoms with Crippen molar-refractivity contribution in [3.05, 3.63) is 34.4 Å². The summed E-state index contributed by atoms with van der Waals surface area (Å²) in [6.07, 6.45) is 32.1. The van der Waals surface area contributed by atoms with Gasteiger partial charge in [0.05, 0.1) is 0 Å². The zero-order valence-corrected chi connectivity index (χ0v) is 24.6. The van der Waals surface area contributed by atoms with E-state index >= 15 is 0 Å². The Labute approximate surface area is 221 Å². The van der Waals surface area contributed by atoms with Crippen LogP contribution in [0.25, 0.3) is 0 Å². The molecule has 0 bridgehead atoms. The summed E-state index contributed by atoms with van der Waals surface area (Å²) in [6.45, 7) is 9.68. The van der Waals surface area contributed by atoms with Crippen LogP contribution in [-0.4, -0.2) is 0 Å². The lowest BCUT2D eigenvalue weighted by Crippen LogP contribution is -2.08. The maximum Gasteiger partial charge on any atom is -0.0273 e. The summed E-state index contributed by atoms with van der Waals surface area (Å²) in [4.78, 5) is 0.